The van der Waals surface area contributed by atoms with E-state index in [1.54, 1.807) is 48.5 Å². The molecular weight excluding hydrogens is 456 g/mol. The van der Waals surface area contributed by atoms with E-state index in [2.05, 4.69) is 5.32 Å². The van der Waals surface area contributed by atoms with Crippen LogP contribution in [0.5, 0.6) is 17.2 Å². The number of rotatable bonds is 10. The molecule has 0 atom stereocenters. The van der Waals surface area contributed by atoms with Crippen molar-refractivity contribution in [3.63, 3.8) is 0 Å². The quantitative estimate of drug-likeness (QED) is 0.466. The zero-order chi connectivity index (χ0) is 24.7. The first kappa shape index (κ1) is 24.9. The standard InChI is InChI=1S/C25H28N2O6S/c1-27(20-10-6-5-7-11-20)34(29,30)21-12-8-9-19(17-21)26-24(28)14-13-18-15-22(31-2)25(33-4)23(16-18)32-3/h5-12,15-17H,13-14H2,1-4H3,(H,26,28). The topological polar surface area (TPSA) is 94.2 Å². The van der Waals surface area contributed by atoms with Crippen LogP contribution < -0.4 is 23.8 Å². The molecule has 180 valence electrons. The molecule has 0 spiro atoms. The van der Waals surface area contributed by atoms with Gasteiger partial charge in [0.05, 0.1) is 31.9 Å². The Kier molecular flexibility index (Phi) is 8.01. The van der Waals surface area contributed by atoms with Crippen molar-refractivity contribution in [2.45, 2.75) is 17.7 Å². The Morgan fingerprint density at radius 1 is 0.882 bits per heavy atom. The number of anilines is 2. The maximum Gasteiger partial charge on any atom is 0.264 e. The molecule has 0 bridgehead atoms. The van der Waals surface area contributed by atoms with Crippen molar-refractivity contribution in [1.82, 2.24) is 0 Å². The summed E-state index contributed by atoms with van der Waals surface area (Å²) in [5.74, 6) is 1.26. The Balaban J connectivity index is 1.70. The Morgan fingerprint density at radius 3 is 2.12 bits per heavy atom. The molecule has 0 aliphatic heterocycles. The van der Waals surface area contributed by atoms with Gasteiger partial charge in [0, 0.05) is 19.2 Å². The summed E-state index contributed by atoms with van der Waals surface area (Å²) in [7, 11) is 2.30. The summed E-state index contributed by atoms with van der Waals surface area (Å²) in [6.45, 7) is 0. The Labute approximate surface area is 200 Å². The number of ether oxygens (including phenoxy) is 3. The van der Waals surface area contributed by atoms with E-state index in [1.807, 2.05) is 6.07 Å². The molecule has 8 nitrogen and oxygen atoms in total. The zero-order valence-electron chi connectivity index (χ0n) is 19.6. The number of hydrogen-bond donors (Lipinski definition) is 1. The predicted octanol–water partition coefficient (Wildman–Crippen LogP) is 4.11. The van der Waals surface area contributed by atoms with Crippen LogP contribution in [-0.4, -0.2) is 42.7 Å². The fourth-order valence-corrected chi connectivity index (χ4v) is 4.67. The Hall–Kier alpha value is -3.72. The van der Waals surface area contributed by atoms with E-state index in [4.69, 9.17) is 14.2 Å². The summed E-state index contributed by atoms with van der Waals surface area (Å²) in [4.78, 5) is 12.7. The Bertz CT molecular complexity index is 1220. The second-order valence-electron chi connectivity index (χ2n) is 7.42. The molecule has 1 amide bonds. The lowest BCUT2D eigenvalue weighted by Crippen LogP contribution is -2.26. The van der Waals surface area contributed by atoms with Gasteiger partial charge in [-0.3, -0.25) is 9.10 Å². The van der Waals surface area contributed by atoms with Gasteiger partial charge in [-0.25, -0.2) is 8.42 Å². The van der Waals surface area contributed by atoms with Crippen LogP contribution >= 0.6 is 0 Å². The minimum atomic E-state index is -3.79. The van der Waals surface area contributed by atoms with E-state index in [9.17, 15) is 13.2 Å². The smallest absolute Gasteiger partial charge is 0.264 e. The highest BCUT2D eigenvalue weighted by atomic mass is 32.2. The number of hydrogen-bond acceptors (Lipinski definition) is 6. The first-order valence-corrected chi connectivity index (χ1v) is 12.0. The minimum absolute atomic E-state index is 0.0845. The van der Waals surface area contributed by atoms with Gasteiger partial charge in [-0.1, -0.05) is 24.3 Å². The summed E-state index contributed by atoms with van der Waals surface area (Å²) in [6, 6.07) is 18.6. The maximum absolute atomic E-state index is 13.0. The lowest BCUT2D eigenvalue weighted by atomic mass is 10.1. The SMILES string of the molecule is COc1cc(CCC(=O)Nc2cccc(S(=O)(=O)N(C)c3ccccc3)c2)cc(OC)c1OC. The number of nitrogens with zero attached hydrogens (tertiary/aromatic N) is 1. The van der Waals surface area contributed by atoms with E-state index >= 15 is 0 Å². The van der Waals surface area contributed by atoms with Gasteiger partial charge in [0.15, 0.2) is 11.5 Å². The van der Waals surface area contributed by atoms with E-state index in [-0.39, 0.29) is 17.2 Å². The Morgan fingerprint density at radius 2 is 1.53 bits per heavy atom. The molecule has 0 aromatic heterocycles. The van der Waals surface area contributed by atoms with Gasteiger partial charge in [-0.05, 0) is 54.4 Å². The maximum atomic E-state index is 13.0. The molecule has 3 aromatic carbocycles. The number of nitrogens with one attached hydrogen (secondary N) is 1. The van der Waals surface area contributed by atoms with E-state index in [1.165, 1.54) is 44.8 Å². The van der Waals surface area contributed by atoms with Crippen LogP contribution in [0, 0.1) is 0 Å². The van der Waals surface area contributed by atoms with Gasteiger partial charge >= 0.3 is 0 Å². The number of sulfonamides is 1. The lowest BCUT2D eigenvalue weighted by Gasteiger charge is -2.20. The molecule has 0 saturated heterocycles. The molecule has 0 unspecified atom stereocenters. The fourth-order valence-electron chi connectivity index (χ4n) is 3.43. The van der Waals surface area contributed by atoms with Crippen molar-refractivity contribution >= 4 is 27.3 Å². The average molecular weight is 485 g/mol. The molecule has 0 heterocycles. The first-order chi connectivity index (χ1) is 16.3. The monoisotopic (exact) mass is 484 g/mol. The summed E-state index contributed by atoms with van der Waals surface area (Å²) in [5.41, 5.74) is 1.78. The highest BCUT2D eigenvalue weighted by molar-refractivity contribution is 7.92. The zero-order valence-corrected chi connectivity index (χ0v) is 20.4. The van der Waals surface area contributed by atoms with Crippen LogP contribution in [0.1, 0.15) is 12.0 Å². The number of methoxy groups -OCH3 is 3. The second kappa shape index (κ2) is 10.9. The van der Waals surface area contributed by atoms with Gasteiger partial charge in [0.25, 0.3) is 10.0 Å². The molecule has 0 aliphatic rings. The van der Waals surface area contributed by atoms with Gasteiger partial charge < -0.3 is 19.5 Å². The van der Waals surface area contributed by atoms with Crippen molar-refractivity contribution in [2.75, 3.05) is 38.0 Å². The van der Waals surface area contributed by atoms with Gasteiger partial charge in [0.2, 0.25) is 11.7 Å². The third-order valence-corrected chi connectivity index (χ3v) is 7.04. The van der Waals surface area contributed by atoms with Crippen molar-refractivity contribution < 1.29 is 27.4 Å². The number of benzene rings is 3. The van der Waals surface area contributed by atoms with Gasteiger partial charge in [0.1, 0.15) is 0 Å². The number of amides is 1. The number of aryl methyl sites for hydroxylation is 1. The lowest BCUT2D eigenvalue weighted by molar-refractivity contribution is -0.116. The number of para-hydroxylation sites is 1. The van der Waals surface area contributed by atoms with Crippen LogP contribution in [0.3, 0.4) is 0 Å². The van der Waals surface area contributed by atoms with Crippen LogP contribution in [-0.2, 0) is 21.2 Å². The third-order valence-electron chi connectivity index (χ3n) is 5.26. The average Bonchev–Trinajstić information content (AvgIpc) is 2.86. The molecule has 1 N–H and O–H groups in total. The molecule has 0 fully saturated rings. The molecule has 0 saturated carbocycles. The summed E-state index contributed by atoms with van der Waals surface area (Å²) in [5, 5.41) is 2.77. The second-order valence-corrected chi connectivity index (χ2v) is 9.39. The van der Waals surface area contributed by atoms with Crippen molar-refractivity contribution in [3.05, 3.63) is 72.3 Å². The minimum Gasteiger partial charge on any atom is -0.493 e. The van der Waals surface area contributed by atoms with E-state index in [0.29, 0.717) is 35.0 Å². The van der Waals surface area contributed by atoms with Gasteiger partial charge in [-0.2, -0.15) is 0 Å². The highest BCUT2D eigenvalue weighted by Gasteiger charge is 2.22. The highest BCUT2D eigenvalue weighted by Crippen LogP contribution is 2.38. The van der Waals surface area contributed by atoms with Crippen molar-refractivity contribution in [2.24, 2.45) is 0 Å². The van der Waals surface area contributed by atoms with Gasteiger partial charge in [-0.15, -0.1) is 0 Å². The molecule has 3 aromatic rings. The number of carbonyl (C=O) groups is 1. The summed E-state index contributed by atoms with van der Waals surface area (Å²) >= 11 is 0. The third kappa shape index (κ3) is 5.60. The normalized spacial score (nSPS) is 10.9. The molecular formula is C25H28N2O6S. The molecule has 3 rings (SSSR count). The van der Waals surface area contributed by atoms with Crippen molar-refractivity contribution in [3.8, 4) is 17.2 Å². The van der Waals surface area contributed by atoms with E-state index in [0.717, 1.165) is 5.56 Å². The summed E-state index contributed by atoms with van der Waals surface area (Å²) in [6.07, 6.45) is 0.608. The molecule has 9 heteroatoms. The molecule has 34 heavy (non-hydrogen) atoms. The number of carbonyl (C=O) groups excluding carboxylic acids is 1. The van der Waals surface area contributed by atoms with Crippen LogP contribution in [0.15, 0.2) is 71.6 Å². The largest absolute Gasteiger partial charge is 0.493 e. The first-order valence-electron chi connectivity index (χ1n) is 10.5. The summed E-state index contributed by atoms with van der Waals surface area (Å²) < 4.78 is 43.3. The predicted molar refractivity (Wildman–Crippen MR) is 132 cm³/mol. The van der Waals surface area contributed by atoms with Crippen LogP contribution in [0.25, 0.3) is 0 Å². The fraction of sp³-hybridized carbons (Fsp3) is 0.240. The van der Waals surface area contributed by atoms with E-state index < -0.39 is 10.0 Å². The molecule has 0 radical (unpaired) electrons. The van der Waals surface area contributed by atoms with Crippen LogP contribution in [0.2, 0.25) is 0 Å². The van der Waals surface area contributed by atoms with Crippen molar-refractivity contribution in [1.29, 1.82) is 0 Å². The molecule has 0 aliphatic carbocycles. The van der Waals surface area contributed by atoms with Crippen LogP contribution in [0.4, 0.5) is 11.4 Å².